The van der Waals surface area contributed by atoms with Crippen molar-refractivity contribution in [2.24, 2.45) is 0 Å². The molecule has 0 aliphatic carbocycles. The summed E-state index contributed by atoms with van der Waals surface area (Å²) >= 11 is 5.96. The Morgan fingerprint density at radius 1 is 1.03 bits per heavy atom. The molecule has 0 fully saturated rings. The van der Waals surface area contributed by atoms with Gasteiger partial charge < -0.3 is 20.1 Å². The quantitative estimate of drug-likeness (QED) is 0.638. The van der Waals surface area contributed by atoms with Crippen LogP contribution in [0.25, 0.3) is 0 Å². The van der Waals surface area contributed by atoms with Crippen LogP contribution in [0.4, 0.5) is 18.9 Å². The van der Waals surface area contributed by atoms with Gasteiger partial charge in [0.15, 0.2) is 6.61 Å². The fourth-order valence-electron chi connectivity index (χ4n) is 2.17. The van der Waals surface area contributed by atoms with E-state index in [2.05, 4.69) is 15.4 Å². The number of amides is 2. The maximum atomic E-state index is 12.1. The van der Waals surface area contributed by atoms with Gasteiger partial charge in [-0.3, -0.25) is 9.59 Å². The van der Waals surface area contributed by atoms with E-state index in [4.69, 9.17) is 16.3 Å². The van der Waals surface area contributed by atoms with Crippen LogP contribution in [0.3, 0.4) is 0 Å². The number of anilines is 1. The minimum atomic E-state index is -4.85. The van der Waals surface area contributed by atoms with Gasteiger partial charge >= 0.3 is 12.3 Å². The Morgan fingerprint density at radius 2 is 1.70 bits per heavy atom. The summed E-state index contributed by atoms with van der Waals surface area (Å²) in [4.78, 5) is 35.5. The van der Waals surface area contributed by atoms with Crippen molar-refractivity contribution in [3.05, 3.63) is 58.6 Å². The van der Waals surface area contributed by atoms with E-state index in [0.29, 0.717) is 16.3 Å². The zero-order valence-corrected chi connectivity index (χ0v) is 16.3. The van der Waals surface area contributed by atoms with Crippen LogP contribution in [0.5, 0.6) is 5.75 Å². The minimum Gasteiger partial charge on any atom is -0.452 e. The Labute approximate surface area is 174 Å². The van der Waals surface area contributed by atoms with Crippen LogP contribution in [0.2, 0.25) is 5.02 Å². The van der Waals surface area contributed by atoms with Crippen LogP contribution in [0, 0.1) is 6.92 Å². The topological polar surface area (TPSA) is 93.7 Å². The second kappa shape index (κ2) is 9.97. The molecule has 0 saturated carbocycles. The van der Waals surface area contributed by atoms with Crippen molar-refractivity contribution >= 4 is 35.1 Å². The third-order valence-corrected chi connectivity index (χ3v) is 4.06. The number of esters is 1. The number of carbonyl (C=O) groups is 3. The van der Waals surface area contributed by atoms with E-state index in [1.807, 2.05) is 0 Å². The van der Waals surface area contributed by atoms with E-state index in [0.717, 1.165) is 24.3 Å². The fourth-order valence-corrected chi connectivity index (χ4v) is 2.35. The number of hydrogen-bond donors (Lipinski definition) is 2. The predicted molar refractivity (Wildman–Crippen MR) is 101 cm³/mol. The average molecular weight is 445 g/mol. The number of ether oxygens (including phenoxy) is 2. The zero-order valence-electron chi connectivity index (χ0n) is 15.5. The van der Waals surface area contributed by atoms with Crippen molar-refractivity contribution in [2.45, 2.75) is 13.3 Å². The van der Waals surface area contributed by atoms with Crippen molar-refractivity contribution in [1.29, 1.82) is 0 Å². The summed E-state index contributed by atoms with van der Waals surface area (Å²) in [6.07, 6.45) is -4.85. The standard InChI is InChI=1S/C19H16ClF3N2O5/c1-11-14(20)3-2-4-15(11)25-16(26)9-24-17(27)10-29-18(28)12-5-7-13(8-6-12)30-19(21,22)23/h2-8H,9-10H2,1H3,(H,24,27)(H,25,26). The number of carbonyl (C=O) groups excluding carboxylic acids is 3. The summed E-state index contributed by atoms with van der Waals surface area (Å²) in [7, 11) is 0. The first-order valence-electron chi connectivity index (χ1n) is 8.40. The van der Waals surface area contributed by atoms with Crippen LogP contribution >= 0.6 is 11.6 Å². The SMILES string of the molecule is Cc1c(Cl)cccc1NC(=O)CNC(=O)COC(=O)c1ccc(OC(F)(F)F)cc1. The summed E-state index contributed by atoms with van der Waals surface area (Å²) in [6.45, 7) is 0.673. The molecule has 2 rings (SSSR count). The molecule has 160 valence electrons. The summed E-state index contributed by atoms with van der Waals surface area (Å²) in [5.41, 5.74) is 1.08. The predicted octanol–water partition coefficient (Wildman–Crippen LogP) is 3.46. The number of hydrogen-bond acceptors (Lipinski definition) is 5. The van der Waals surface area contributed by atoms with Gasteiger partial charge in [-0.25, -0.2) is 4.79 Å². The van der Waals surface area contributed by atoms with Crippen LogP contribution in [0.15, 0.2) is 42.5 Å². The maximum absolute atomic E-state index is 12.1. The first kappa shape index (κ1) is 23.0. The summed E-state index contributed by atoms with van der Waals surface area (Å²) < 4.78 is 44.8. The van der Waals surface area contributed by atoms with Crippen molar-refractivity contribution < 1.29 is 37.0 Å². The highest BCUT2D eigenvalue weighted by molar-refractivity contribution is 6.31. The highest BCUT2D eigenvalue weighted by atomic mass is 35.5. The number of benzene rings is 2. The molecule has 2 amide bonds. The van der Waals surface area contributed by atoms with Crippen molar-refractivity contribution in [2.75, 3.05) is 18.5 Å². The maximum Gasteiger partial charge on any atom is 0.573 e. The molecule has 0 unspecified atom stereocenters. The van der Waals surface area contributed by atoms with Crippen molar-refractivity contribution in [1.82, 2.24) is 5.32 Å². The third-order valence-electron chi connectivity index (χ3n) is 3.65. The minimum absolute atomic E-state index is 0.0773. The van der Waals surface area contributed by atoms with E-state index in [1.165, 1.54) is 0 Å². The van der Waals surface area contributed by atoms with Gasteiger partial charge in [-0.15, -0.1) is 13.2 Å². The molecule has 0 radical (unpaired) electrons. The van der Waals surface area contributed by atoms with Crippen molar-refractivity contribution in [3.8, 4) is 5.75 Å². The highest BCUT2D eigenvalue weighted by Crippen LogP contribution is 2.23. The van der Waals surface area contributed by atoms with Gasteiger partial charge in [-0.05, 0) is 48.9 Å². The molecular formula is C19H16ClF3N2O5. The molecule has 2 N–H and O–H groups in total. The molecule has 0 heterocycles. The van der Waals surface area contributed by atoms with Gasteiger partial charge in [0.25, 0.3) is 5.91 Å². The van der Waals surface area contributed by atoms with E-state index >= 15 is 0 Å². The number of alkyl halides is 3. The number of halogens is 4. The zero-order chi connectivity index (χ0) is 22.3. The Kier molecular flexibility index (Phi) is 7.65. The van der Waals surface area contributed by atoms with E-state index in [9.17, 15) is 27.6 Å². The van der Waals surface area contributed by atoms with Crippen LogP contribution < -0.4 is 15.4 Å². The van der Waals surface area contributed by atoms with Crippen LogP contribution in [-0.4, -0.2) is 37.3 Å². The van der Waals surface area contributed by atoms with Crippen molar-refractivity contribution in [3.63, 3.8) is 0 Å². The van der Waals surface area contributed by atoms with Gasteiger partial charge in [0.05, 0.1) is 12.1 Å². The molecule has 0 aliphatic heterocycles. The Hall–Kier alpha value is -3.27. The lowest BCUT2D eigenvalue weighted by Crippen LogP contribution is -2.35. The van der Waals surface area contributed by atoms with E-state index < -0.39 is 36.5 Å². The molecule has 2 aromatic rings. The summed E-state index contributed by atoms with van der Waals surface area (Å²) in [5.74, 6) is -2.68. The molecule has 0 spiro atoms. The second-order valence-corrected chi connectivity index (χ2v) is 6.29. The van der Waals surface area contributed by atoms with Crippen LogP contribution in [-0.2, 0) is 14.3 Å². The molecular weight excluding hydrogens is 429 g/mol. The van der Waals surface area contributed by atoms with Gasteiger partial charge in [0, 0.05) is 10.7 Å². The number of rotatable bonds is 7. The van der Waals surface area contributed by atoms with E-state index in [1.54, 1.807) is 25.1 Å². The smallest absolute Gasteiger partial charge is 0.452 e. The molecule has 11 heteroatoms. The molecule has 0 aromatic heterocycles. The molecule has 0 atom stereocenters. The lowest BCUT2D eigenvalue weighted by molar-refractivity contribution is -0.274. The molecule has 0 bridgehead atoms. The molecule has 0 aliphatic rings. The lowest BCUT2D eigenvalue weighted by Gasteiger charge is -2.11. The lowest BCUT2D eigenvalue weighted by atomic mass is 10.2. The van der Waals surface area contributed by atoms with Gasteiger partial charge in [-0.2, -0.15) is 0 Å². The Balaban J connectivity index is 1.76. The van der Waals surface area contributed by atoms with Gasteiger partial charge in [-0.1, -0.05) is 17.7 Å². The van der Waals surface area contributed by atoms with Gasteiger partial charge in [0.1, 0.15) is 5.75 Å². The molecule has 2 aromatic carbocycles. The molecule has 0 saturated heterocycles. The fraction of sp³-hybridized carbons (Fsp3) is 0.211. The Bertz CT molecular complexity index is 933. The van der Waals surface area contributed by atoms with Gasteiger partial charge in [0.2, 0.25) is 5.91 Å². The molecule has 7 nitrogen and oxygen atoms in total. The third kappa shape index (κ3) is 7.28. The normalized spacial score (nSPS) is 10.8. The molecule has 30 heavy (non-hydrogen) atoms. The first-order valence-corrected chi connectivity index (χ1v) is 8.77. The largest absolute Gasteiger partial charge is 0.573 e. The first-order chi connectivity index (χ1) is 14.0. The van der Waals surface area contributed by atoms with E-state index in [-0.39, 0.29) is 12.1 Å². The summed E-state index contributed by atoms with van der Waals surface area (Å²) in [6, 6.07) is 8.96. The average Bonchev–Trinajstić information content (AvgIpc) is 2.67. The monoisotopic (exact) mass is 444 g/mol. The highest BCUT2D eigenvalue weighted by Gasteiger charge is 2.31. The second-order valence-electron chi connectivity index (χ2n) is 5.89. The summed E-state index contributed by atoms with van der Waals surface area (Å²) in [5, 5.41) is 5.33. The Morgan fingerprint density at radius 3 is 2.33 bits per heavy atom. The van der Waals surface area contributed by atoms with Crippen LogP contribution in [0.1, 0.15) is 15.9 Å². The number of nitrogens with one attached hydrogen (secondary N) is 2.